The van der Waals surface area contributed by atoms with Crippen molar-refractivity contribution in [2.75, 3.05) is 26.7 Å². The van der Waals surface area contributed by atoms with Crippen LogP contribution < -0.4 is 0 Å². The molecule has 0 heterocycles. The van der Waals surface area contributed by atoms with E-state index >= 15 is 0 Å². The fourth-order valence-electron chi connectivity index (χ4n) is 0.123. The lowest BCUT2D eigenvalue weighted by molar-refractivity contribution is -0.141. The van der Waals surface area contributed by atoms with Crippen LogP contribution in [-0.2, 0) is 14.3 Å². The first-order valence-electron chi connectivity index (χ1n) is 2.97. The minimum atomic E-state index is -0.980. The molecular weight excluding hydrogens is 204 g/mol. The van der Waals surface area contributed by atoms with Crippen LogP contribution in [0.5, 0.6) is 0 Å². The van der Waals surface area contributed by atoms with E-state index in [1.165, 1.54) is 7.11 Å². The summed E-state index contributed by atoms with van der Waals surface area (Å²) in [4.78, 5) is 18.7. The molecule has 0 rings (SSSR count). The number of aliphatic hydroxyl groups excluding tert-OH is 1. The number of alkyl halides is 1. The van der Waals surface area contributed by atoms with Gasteiger partial charge in [0, 0.05) is 14.2 Å². The lowest BCUT2D eigenvalue weighted by atomic mass is 10.8. The number of aliphatic carboxylic acids is 2. The normalized spacial score (nSPS) is 7.08. The average Bonchev–Trinajstić information content (AvgIpc) is 2.09. The van der Waals surface area contributed by atoms with E-state index < -0.39 is 11.9 Å². The van der Waals surface area contributed by atoms with Crippen molar-refractivity contribution < 1.29 is 29.6 Å². The maximum absolute atomic E-state index is 9.47. The number of aliphatic hydroxyl groups is 1. The molecule has 0 unspecified atom stereocenters. The van der Waals surface area contributed by atoms with Gasteiger partial charge in [-0.3, -0.25) is 4.79 Å². The first-order valence-corrected chi connectivity index (χ1v) is 3.51. The van der Waals surface area contributed by atoms with Crippen molar-refractivity contribution in [1.29, 1.82) is 0 Å². The molecule has 0 fully saturated rings. The smallest absolute Gasteiger partial charge is 0.329 e. The molecule has 0 aliphatic carbocycles. The fourth-order valence-corrected chi connectivity index (χ4v) is 0.123. The third-order valence-electron chi connectivity index (χ3n) is 0.382. The summed E-state index contributed by atoms with van der Waals surface area (Å²) >= 11 is 4.74. The zero-order valence-corrected chi connectivity index (χ0v) is 8.11. The predicted octanol–water partition coefficient (Wildman–Crippen LogP) is -0.364. The summed E-state index contributed by atoms with van der Waals surface area (Å²) in [5.41, 5.74) is 0. The number of carbonyl (C=O) groups is 2. The molecule has 0 saturated heterocycles. The van der Waals surface area contributed by atoms with E-state index in [2.05, 4.69) is 4.74 Å². The van der Waals surface area contributed by atoms with E-state index in [1.54, 1.807) is 0 Å². The third-order valence-corrected chi connectivity index (χ3v) is 0.611. The largest absolute Gasteiger partial charge is 0.480 e. The van der Waals surface area contributed by atoms with Crippen molar-refractivity contribution in [2.45, 2.75) is 0 Å². The second-order valence-electron chi connectivity index (χ2n) is 1.35. The summed E-state index contributed by atoms with van der Waals surface area (Å²) in [7, 11) is 2.34. The molecule has 6 nitrogen and oxygen atoms in total. The lowest BCUT2D eigenvalue weighted by Gasteiger charge is -1.83. The van der Waals surface area contributed by atoms with Gasteiger partial charge in [-0.2, -0.15) is 0 Å². The quantitative estimate of drug-likeness (QED) is 0.557. The Bertz CT molecular complexity index is 126. The Morgan fingerprint density at radius 3 is 1.54 bits per heavy atom. The molecule has 0 bridgehead atoms. The summed E-state index contributed by atoms with van der Waals surface area (Å²) < 4.78 is 4.20. The van der Waals surface area contributed by atoms with Crippen molar-refractivity contribution in [3.05, 3.63) is 0 Å². The summed E-state index contributed by atoms with van der Waals surface area (Å²) in [6.07, 6.45) is 0. The van der Waals surface area contributed by atoms with Crippen molar-refractivity contribution in [1.82, 2.24) is 0 Å². The van der Waals surface area contributed by atoms with Gasteiger partial charge in [0.25, 0.3) is 0 Å². The highest BCUT2D eigenvalue weighted by Gasteiger charge is 1.87. The maximum Gasteiger partial charge on any atom is 0.329 e. The van der Waals surface area contributed by atoms with E-state index in [0.29, 0.717) is 0 Å². The summed E-state index contributed by atoms with van der Waals surface area (Å²) in [5, 5.41) is 22.4. The first-order chi connectivity index (χ1) is 6.04. The Hall–Kier alpha value is -0.850. The van der Waals surface area contributed by atoms with Gasteiger partial charge in [-0.25, -0.2) is 4.79 Å². The monoisotopic (exact) mass is 216 g/mol. The first kappa shape index (κ1) is 18.0. The van der Waals surface area contributed by atoms with Gasteiger partial charge in [-0.15, -0.1) is 11.6 Å². The van der Waals surface area contributed by atoms with Crippen molar-refractivity contribution in [2.24, 2.45) is 0 Å². The van der Waals surface area contributed by atoms with Crippen LogP contribution in [-0.4, -0.2) is 54.0 Å². The molecular formula is C6H13ClO6. The number of hydrogen-bond acceptors (Lipinski definition) is 4. The molecule has 0 radical (unpaired) electrons. The fraction of sp³-hybridized carbons (Fsp3) is 0.667. The molecule has 0 atom stereocenters. The standard InChI is InChI=1S/C3H6O3.C2H3ClO2.CH4O/c1-6-2-3(4)5;3-1-2(4)5;1-2/h2H2,1H3,(H,4,5);1H2,(H,4,5);2H,1H3. The van der Waals surface area contributed by atoms with E-state index in [0.717, 1.165) is 7.11 Å². The molecule has 0 aliphatic heterocycles. The van der Waals surface area contributed by atoms with Crippen LogP contribution in [0.25, 0.3) is 0 Å². The Labute approximate surface area is 80.7 Å². The number of carboxylic acids is 2. The number of halogens is 1. The molecule has 0 spiro atoms. The van der Waals surface area contributed by atoms with Gasteiger partial charge in [0.1, 0.15) is 12.5 Å². The van der Waals surface area contributed by atoms with E-state index in [-0.39, 0.29) is 12.5 Å². The number of carboxylic acid groups (broad SMARTS) is 2. The predicted molar refractivity (Wildman–Crippen MR) is 46.0 cm³/mol. The Morgan fingerprint density at radius 1 is 1.23 bits per heavy atom. The summed E-state index contributed by atoms with van der Waals surface area (Å²) in [5.74, 6) is -2.22. The van der Waals surface area contributed by atoms with Gasteiger partial charge in [0.2, 0.25) is 0 Å². The molecule has 0 aromatic rings. The number of hydrogen-bond donors (Lipinski definition) is 3. The van der Waals surface area contributed by atoms with E-state index in [9.17, 15) is 9.59 Å². The molecule has 13 heavy (non-hydrogen) atoms. The third kappa shape index (κ3) is 54.2. The molecule has 0 saturated carbocycles. The average molecular weight is 217 g/mol. The van der Waals surface area contributed by atoms with Crippen LogP contribution in [0.15, 0.2) is 0 Å². The van der Waals surface area contributed by atoms with Gasteiger partial charge < -0.3 is 20.1 Å². The Morgan fingerprint density at radius 2 is 1.54 bits per heavy atom. The van der Waals surface area contributed by atoms with Crippen LogP contribution in [0.2, 0.25) is 0 Å². The molecule has 0 amide bonds. The van der Waals surface area contributed by atoms with Crippen molar-refractivity contribution >= 4 is 23.5 Å². The van der Waals surface area contributed by atoms with Gasteiger partial charge in [-0.05, 0) is 0 Å². The highest BCUT2D eigenvalue weighted by molar-refractivity contribution is 6.26. The Kier molecular flexibility index (Phi) is 24.0. The highest BCUT2D eigenvalue weighted by Crippen LogP contribution is 1.67. The van der Waals surface area contributed by atoms with Crippen LogP contribution >= 0.6 is 11.6 Å². The molecule has 0 aliphatic rings. The summed E-state index contributed by atoms with van der Waals surface area (Å²) in [6, 6.07) is 0. The van der Waals surface area contributed by atoms with Gasteiger partial charge in [0.15, 0.2) is 0 Å². The molecule has 3 N–H and O–H groups in total. The minimum Gasteiger partial charge on any atom is -0.480 e. The van der Waals surface area contributed by atoms with Crippen LogP contribution in [0, 0.1) is 0 Å². The van der Waals surface area contributed by atoms with Gasteiger partial charge in [0.05, 0.1) is 0 Å². The number of methoxy groups -OCH3 is 1. The zero-order chi connectivity index (χ0) is 11.3. The zero-order valence-electron chi connectivity index (χ0n) is 7.36. The van der Waals surface area contributed by atoms with Crippen LogP contribution in [0.4, 0.5) is 0 Å². The second kappa shape index (κ2) is 17.3. The Balaban J connectivity index is -0.000000131. The van der Waals surface area contributed by atoms with E-state index in [4.69, 9.17) is 26.9 Å². The van der Waals surface area contributed by atoms with Crippen molar-refractivity contribution in [3.8, 4) is 0 Å². The van der Waals surface area contributed by atoms with Gasteiger partial charge >= 0.3 is 11.9 Å². The highest BCUT2D eigenvalue weighted by atomic mass is 35.5. The topological polar surface area (TPSA) is 104 Å². The number of ether oxygens (including phenoxy) is 1. The molecule has 0 aromatic carbocycles. The number of rotatable bonds is 3. The van der Waals surface area contributed by atoms with E-state index in [1.807, 2.05) is 0 Å². The molecule has 7 heteroatoms. The van der Waals surface area contributed by atoms with Crippen LogP contribution in [0.1, 0.15) is 0 Å². The van der Waals surface area contributed by atoms with Crippen LogP contribution in [0.3, 0.4) is 0 Å². The molecule has 0 aromatic heterocycles. The van der Waals surface area contributed by atoms with Gasteiger partial charge in [-0.1, -0.05) is 0 Å². The lowest BCUT2D eigenvalue weighted by Crippen LogP contribution is -2.02. The minimum absolute atomic E-state index is 0.208. The SMILES string of the molecule is CO.COCC(=O)O.O=C(O)CCl. The second-order valence-corrected chi connectivity index (χ2v) is 1.62. The maximum atomic E-state index is 9.47. The van der Waals surface area contributed by atoms with Crippen molar-refractivity contribution in [3.63, 3.8) is 0 Å². The molecule has 80 valence electrons. The summed E-state index contributed by atoms with van der Waals surface area (Å²) in [6.45, 7) is -0.208.